The zero-order valence-electron chi connectivity index (χ0n) is 12.4. The Balaban J connectivity index is 1.72. The fourth-order valence-corrected chi connectivity index (χ4v) is 1.90. The Kier molecular flexibility index (Phi) is 6.35. The zero-order valence-corrected chi connectivity index (χ0v) is 12.4. The highest BCUT2D eigenvalue weighted by molar-refractivity contribution is 5.94. The Morgan fingerprint density at radius 1 is 1.04 bits per heavy atom. The Bertz CT molecular complexity index is 620. The minimum Gasteiger partial charge on any atom is -0.494 e. The molecule has 0 bridgehead atoms. The smallest absolute Gasteiger partial charge is 0.387 e. The van der Waals surface area contributed by atoms with Crippen molar-refractivity contribution in [3.05, 3.63) is 60.2 Å². The van der Waals surface area contributed by atoms with Crippen LogP contribution in [0.15, 0.2) is 54.6 Å². The first-order valence-electron chi connectivity index (χ1n) is 7.16. The minimum atomic E-state index is -2.91. The molecule has 0 radical (unpaired) electrons. The van der Waals surface area contributed by atoms with Gasteiger partial charge in [-0.1, -0.05) is 24.3 Å². The number of rotatable bonds is 8. The number of halogens is 2. The molecule has 0 spiro atoms. The fraction of sp³-hybridized carbons (Fsp3) is 0.235. The van der Waals surface area contributed by atoms with Crippen LogP contribution in [0.1, 0.15) is 16.8 Å². The van der Waals surface area contributed by atoms with Gasteiger partial charge in [0.25, 0.3) is 5.91 Å². The standard InChI is InChI=1S/C17H17F2NO3/c18-17(19)23-15-9-4-6-13(12-15)16(21)20-10-5-11-22-14-7-2-1-3-8-14/h1-4,6-9,12,17H,5,10-11H2,(H,20,21). The lowest BCUT2D eigenvalue weighted by molar-refractivity contribution is -0.0498. The van der Waals surface area contributed by atoms with Gasteiger partial charge in [0.1, 0.15) is 11.5 Å². The van der Waals surface area contributed by atoms with Crippen molar-refractivity contribution in [3.63, 3.8) is 0 Å². The van der Waals surface area contributed by atoms with E-state index in [2.05, 4.69) is 10.1 Å². The van der Waals surface area contributed by atoms with E-state index < -0.39 is 6.61 Å². The summed E-state index contributed by atoms with van der Waals surface area (Å²) < 4.78 is 34.1. The molecule has 23 heavy (non-hydrogen) atoms. The highest BCUT2D eigenvalue weighted by Crippen LogP contribution is 2.15. The number of hydrogen-bond acceptors (Lipinski definition) is 3. The highest BCUT2D eigenvalue weighted by Gasteiger charge is 2.09. The van der Waals surface area contributed by atoms with Crippen molar-refractivity contribution in [1.82, 2.24) is 5.32 Å². The van der Waals surface area contributed by atoms with Gasteiger partial charge in [0.05, 0.1) is 6.61 Å². The van der Waals surface area contributed by atoms with Crippen LogP contribution < -0.4 is 14.8 Å². The molecule has 0 atom stereocenters. The van der Waals surface area contributed by atoms with Crippen LogP contribution in [0.2, 0.25) is 0 Å². The second-order valence-electron chi connectivity index (χ2n) is 4.68. The zero-order chi connectivity index (χ0) is 16.5. The van der Waals surface area contributed by atoms with Crippen molar-refractivity contribution in [3.8, 4) is 11.5 Å². The van der Waals surface area contributed by atoms with Gasteiger partial charge < -0.3 is 14.8 Å². The summed E-state index contributed by atoms with van der Waals surface area (Å²) in [6.07, 6.45) is 0.633. The van der Waals surface area contributed by atoms with Gasteiger partial charge >= 0.3 is 6.61 Å². The Morgan fingerprint density at radius 2 is 1.78 bits per heavy atom. The van der Waals surface area contributed by atoms with Gasteiger partial charge in [-0.25, -0.2) is 0 Å². The summed E-state index contributed by atoms with van der Waals surface area (Å²) in [6.45, 7) is -2.02. The number of nitrogens with one attached hydrogen (secondary N) is 1. The van der Waals surface area contributed by atoms with Gasteiger partial charge in [0.2, 0.25) is 0 Å². The van der Waals surface area contributed by atoms with Crippen LogP contribution in [-0.2, 0) is 0 Å². The molecular weight excluding hydrogens is 304 g/mol. The molecule has 4 nitrogen and oxygen atoms in total. The second-order valence-corrected chi connectivity index (χ2v) is 4.68. The normalized spacial score (nSPS) is 10.4. The van der Waals surface area contributed by atoms with E-state index in [4.69, 9.17) is 4.74 Å². The van der Waals surface area contributed by atoms with Crippen molar-refractivity contribution < 1.29 is 23.0 Å². The highest BCUT2D eigenvalue weighted by atomic mass is 19.3. The maximum atomic E-state index is 12.1. The molecule has 1 amide bonds. The molecule has 6 heteroatoms. The summed E-state index contributed by atoms with van der Waals surface area (Å²) in [5, 5.41) is 2.70. The summed E-state index contributed by atoms with van der Waals surface area (Å²) in [5.74, 6) is 0.389. The van der Waals surface area contributed by atoms with E-state index in [0.29, 0.717) is 19.6 Å². The third-order valence-corrected chi connectivity index (χ3v) is 2.94. The molecule has 0 saturated carbocycles. The molecule has 0 unspecified atom stereocenters. The van der Waals surface area contributed by atoms with E-state index >= 15 is 0 Å². The maximum Gasteiger partial charge on any atom is 0.387 e. The fourth-order valence-electron chi connectivity index (χ4n) is 1.90. The number of carbonyl (C=O) groups excluding carboxylic acids is 1. The van der Waals surface area contributed by atoms with Crippen LogP contribution in [0.3, 0.4) is 0 Å². The van der Waals surface area contributed by atoms with E-state index in [9.17, 15) is 13.6 Å². The summed E-state index contributed by atoms with van der Waals surface area (Å²) in [4.78, 5) is 11.9. The van der Waals surface area contributed by atoms with E-state index in [-0.39, 0.29) is 17.2 Å². The third kappa shape index (κ3) is 5.94. The summed E-state index contributed by atoms with van der Waals surface area (Å²) in [5.41, 5.74) is 0.270. The lowest BCUT2D eigenvalue weighted by atomic mass is 10.2. The number of para-hydroxylation sites is 1. The van der Waals surface area contributed by atoms with E-state index in [1.807, 2.05) is 30.3 Å². The van der Waals surface area contributed by atoms with Crippen molar-refractivity contribution in [2.24, 2.45) is 0 Å². The number of benzene rings is 2. The Labute approximate surface area is 133 Å². The second kappa shape index (κ2) is 8.73. The molecular formula is C17H17F2NO3. The molecule has 0 aromatic heterocycles. The Hall–Kier alpha value is -2.63. The maximum absolute atomic E-state index is 12.1. The molecule has 2 aromatic rings. The molecule has 0 saturated heterocycles. The van der Waals surface area contributed by atoms with Gasteiger partial charge in [0, 0.05) is 12.1 Å². The first-order valence-corrected chi connectivity index (χ1v) is 7.16. The van der Waals surface area contributed by atoms with Gasteiger partial charge in [0.15, 0.2) is 0 Å². The number of alkyl halides is 2. The summed E-state index contributed by atoms with van der Waals surface area (Å²) >= 11 is 0. The topological polar surface area (TPSA) is 47.6 Å². The largest absolute Gasteiger partial charge is 0.494 e. The molecule has 0 aliphatic carbocycles. The van der Waals surface area contributed by atoms with Crippen LogP contribution in [0.25, 0.3) is 0 Å². The quantitative estimate of drug-likeness (QED) is 0.757. The van der Waals surface area contributed by atoms with Crippen molar-refractivity contribution in [1.29, 1.82) is 0 Å². The molecule has 0 aliphatic heterocycles. The van der Waals surface area contributed by atoms with Crippen LogP contribution >= 0.6 is 0 Å². The molecule has 0 aliphatic rings. The average molecular weight is 321 g/mol. The summed E-state index contributed by atoms with van der Waals surface area (Å²) in [6, 6.07) is 15.0. The minimum absolute atomic E-state index is 0.0416. The van der Waals surface area contributed by atoms with Crippen LogP contribution in [0, 0.1) is 0 Å². The first kappa shape index (κ1) is 16.7. The van der Waals surface area contributed by atoms with Gasteiger partial charge in [-0.05, 0) is 36.8 Å². The number of ether oxygens (including phenoxy) is 2. The van der Waals surface area contributed by atoms with Crippen LogP contribution in [0.5, 0.6) is 11.5 Å². The Morgan fingerprint density at radius 3 is 2.52 bits per heavy atom. The molecule has 122 valence electrons. The van der Waals surface area contributed by atoms with Crippen LogP contribution in [0.4, 0.5) is 8.78 Å². The van der Waals surface area contributed by atoms with E-state index in [1.54, 1.807) is 0 Å². The predicted octanol–water partition coefficient (Wildman–Crippen LogP) is 3.49. The van der Waals surface area contributed by atoms with Crippen molar-refractivity contribution in [2.75, 3.05) is 13.2 Å². The van der Waals surface area contributed by atoms with E-state index in [1.165, 1.54) is 24.3 Å². The van der Waals surface area contributed by atoms with Gasteiger partial charge in [-0.15, -0.1) is 0 Å². The molecule has 2 rings (SSSR count). The lowest BCUT2D eigenvalue weighted by Gasteiger charge is -2.09. The molecule has 1 N–H and O–H groups in total. The number of amides is 1. The number of carbonyl (C=O) groups is 1. The summed E-state index contributed by atoms with van der Waals surface area (Å²) in [7, 11) is 0. The van der Waals surface area contributed by atoms with Gasteiger partial charge in [-0.2, -0.15) is 8.78 Å². The molecule has 0 heterocycles. The molecule has 0 fully saturated rings. The SMILES string of the molecule is O=C(NCCCOc1ccccc1)c1cccc(OC(F)F)c1. The van der Waals surface area contributed by atoms with Crippen molar-refractivity contribution in [2.45, 2.75) is 13.0 Å². The monoisotopic (exact) mass is 321 g/mol. The lowest BCUT2D eigenvalue weighted by Crippen LogP contribution is -2.25. The number of hydrogen-bond donors (Lipinski definition) is 1. The first-order chi connectivity index (χ1) is 11.1. The van der Waals surface area contributed by atoms with E-state index in [0.717, 1.165) is 5.75 Å². The van der Waals surface area contributed by atoms with Crippen LogP contribution in [-0.4, -0.2) is 25.7 Å². The van der Waals surface area contributed by atoms with Gasteiger partial charge in [-0.3, -0.25) is 4.79 Å². The third-order valence-electron chi connectivity index (χ3n) is 2.94. The predicted molar refractivity (Wildman–Crippen MR) is 82.0 cm³/mol. The van der Waals surface area contributed by atoms with Crippen molar-refractivity contribution >= 4 is 5.91 Å². The molecule has 2 aromatic carbocycles. The average Bonchev–Trinajstić information content (AvgIpc) is 2.55.